The Morgan fingerprint density at radius 1 is 1.05 bits per heavy atom. The molecule has 5 aromatic rings. The highest BCUT2D eigenvalue weighted by atomic mass is 32.1. The molecular weight excluding hydrogens is 515 g/mol. The van der Waals surface area contributed by atoms with Crippen LogP contribution in [0.5, 0.6) is 0 Å². The van der Waals surface area contributed by atoms with Gasteiger partial charge >= 0.3 is 0 Å². The molecule has 0 bridgehead atoms. The number of piperazine rings is 1. The lowest BCUT2D eigenvalue weighted by atomic mass is 10.1. The van der Waals surface area contributed by atoms with Crippen LogP contribution < -0.4 is 20.4 Å². The van der Waals surface area contributed by atoms with Crippen LogP contribution in [0.3, 0.4) is 0 Å². The van der Waals surface area contributed by atoms with Crippen LogP contribution in [0.1, 0.15) is 30.0 Å². The Morgan fingerprint density at radius 3 is 2.49 bits per heavy atom. The highest BCUT2D eigenvalue weighted by Gasteiger charge is 2.28. The fourth-order valence-corrected chi connectivity index (χ4v) is 6.13. The first-order chi connectivity index (χ1) is 18.9. The minimum atomic E-state index is -0.402. The summed E-state index contributed by atoms with van der Waals surface area (Å²) in [5.41, 5.74) is 2.99. The van der Waals surface area contributed by atoms with Crippen molar-refractivity contribution in [2.45, 2.75) is 25.8 Å². The van der Waals surface area contributed by atoms with Gasteiger partial charge in [0, 0.05) is 43.8 Å². The molecular formula is C29H27FN6O2S. The second kappa shape index (κ2) is 9.10. The summed E-state index contributed by atoms with van der Waals surface area (Å²) < 4.78 is 19.2. The number of anilines is 1. The van der Waals surface area contributed by atoms with E-state index in [1.807, 2.05) is 43.3 Å². The second-order valence-electron chi connectivity index (χ2n) is 10.6. The molecule has 0 radical (unpaired) electrons. The van der Waals surface area contributed by atoms with Gasteiger partial charge in [0.2, 0.25) is 10.4 Å². The largest absolute Gasteiger partial charge is 0.367 e. The summed E-state index contributed by atoms with van der Waals surface area (Å²) >= 11 is 1.23. The molecule has 1 aliphatic heterocycles. The van der Waals surface area contributed by atoms with Crippen molar-refractivity contribution < 1.29 is 4.39 Å². The van der Waals surface area contributed by atoms with E-state index in [1.165, 1.54) is 21.9 Å². The summed E-state index contributed by atoms with van der Waals surface area (Å²) in [7, 11) is 2.06. The van der Waals surface area contributed by atoms with Gasteiger partial charge in [-0.3, -0.25) is 9.59 Å². The Hall–Kier alpha value is -3.89. The van der Waals surface area contributed by atoms with Gasteiger partial charge < -0.3 is 14.4 Å². The molecule has 0 amide bonds. The van der Waals surface area contributed by atoms with E-state index in [-0.39, 0.29) is 28.4 Å². The average molecular weight is 543 g/mol. The monoisotopic (exact) mass is 542 g/mol. The normalized spacial score (nSPS) is 17.1. The maximum atomic E-state index is 15.4. The summed E-state index contributed by atoms with van der Waals surface area (Å²) in [6, 6.07) is 11.3. The maximum absolute atomic E-state index is 15.4. The Labute approximate surface area is 227 Å². The third-order valence-corrected chi connectivity index (χ3v) is 8.64. The lowest BCUT2D eigenvalue weighted by molar-refractivity contribution is 0.312. The summed E-state index contributed by atoms with van der Waals surface area (Å²) in [6.07, 6.45) is 5.59. The van der Waals surface area contributed by atoms with Crippen molar-refractivity contribution in [2.75, 3.05) is 38.1 Å². The van der Waals surface area contributed by atoms with Crippen molar-refractivity contribution in [1.82, 2.24) is 24.1 Å². The highest BCUT2D eigenvalue weighted by molar-refractivity contribution is 7.15. The zero-order valence-corrected chi connectivity index (χ0v) is 22.5. The lowest BCUT2D eigenvalue weighted by Crippen LogP contribution is -2.44. The van der Waals surface area contributed by atoms with E-state index in [9.17, 15) is 9.59 Å². The molecule has 2 aliphatic rings. The van der Waals surface area contributed by atoms with Crippen LogP contribution in [0.2, 0.25) is 0 Å². The van der Waals surface area contributed by atoms with Crippen LogP contribution in [0.15, 0.2) is 52.2 Å². The second-order valence-corrected chi connectivity index (χ2v) is 11.6. The minimum absolute atomic E-state index is 0.185. The van der Waals surface area contributed by atoms with Crippen LogP contribution in [-0.4, -0.2) is 57.3 Å². The smallest absolute Gasteiger partial charge is 0.291 e. The molecule has 2 aromatic carbocycles. The lowest BCUT2D eigenvalue weighted by Gasteiger charge is -2.34. The number of fused-ring (bicyclic) bond motifs is 2. The van der Waals surface area contributed by atoms with E-state index in [4.69, 9.17) is 0 Å². The number of aryl methyl sites for hydroxylation is 1. The molecule has 1 aliphatic carbocycles. The van der Waals surface area contributed by atoms with E-state index in [0.717, 1.165) is 55.7 Å². The Kier molecular flexibility index (Phi) is 5.64. The molecule has 3 aromatic heterocycles. The number of pyridine rings is 1. The first-order valence-corrected chi connectivity index (χ1v) is 14.0. The number of rotatable bonds is 4. The van der Waals surface area contributed by atoms with Gasteiger partial charge in [-0.2, -0.15) is 9.50 Å². The van der Waals surface area contributed by atoms with Crippen molar-refractivity contribution in [3.8, 4) is 11.4 Å². The molecule has 0 N–H and O–H groups in total. The molecule has 0 unspecified atom stereocenters. The first kappa shape index (κ1) is 24.2. The summed E-state index contributed by atoms with van der Waals surface area (Å²) in [5, 5.41) is 4.74. The van der Waals surface area contributed by atoms with Gasteiger partial charge in [0.05, 0.1) is 21.3 Å². The highest BCUT2D eigenvalue weighted by Crippen LogP contribution is 2.39. The number of aromatic nitrogens is 4. The predicted molar refractivity (Wildman–Crippen MR) is 152 cm³/mol. The Balaban J connectivity index is 1.33. The standard InChI is InChI=1S/C29H27FN6O2S/c1-17-3-5-18(6-4-17)13-25-28(38)36-29(39-25)31-27(32-36)21-16-35(19-7-8-19)23-15-24(22(30)14-20(23)26(21)37)34-11-9-33(2)10-12-34/h3-6,13-16,19H,7-12H2,1-2H3/b25-13-. The number of benzene rings is 2. The van der Waals surface area contributed by atoms with Crippen LogP contribution in [0, 0.1) is 12.7 Å². The topological polar surface area (TPSA) is 75.7 Å². The summed E-state index contributed by atoms with van der Waals surface area (Å²) in [5.74, 6) is -0.217. The minimum Gasteiger partial charge on any atom is -0.367 e. The molecule has 1 saturated heterocycles. The third kappa shape index (κ3) is 4.24. The van der Waals surface area contributed by atoms with Crippen LogP contribution in [0.4, 0.5) is 10.1 Å². The van der Waals surface area contributed by atoms with Crippen molar-refractivity contribution in [2.24, 2.45) is 0 Å². The molecule has 4 heterocycles. The van der Waals surface area contributed by atoms with E-state index in [1.54, 1.807) is 6.20 Å². The van der Waals surface area contributed by atoms with Crippen molar-refractivity contribution >= 4 is 39.0 Å². The van der Waals surface area contributed by atoms with E-state index in [0.29, 0.717) is 20.6 Å². The number of halogens is 1. The molecule has 1 saturated carbocycles. The zero-order valence-electron chi connectivity index (χ0n) is 21.7. The van der Waals surface area contributed by atoms with Gasteiger partial charge in [0.15, 0.2) is 5.82 Å². The number of hydrogen-bond acceptors (Lipinski definition) is 7. The zero-order chi connectivity index (χ0) is 26.8. The van der Waals surface area contributed by atoms with E-state index < -0.39 is 5.82 Å². The van der Waals surface area contributed by atoms with Crippen LogP contribution in [0.25, 0.3) is 33.3 Å². The van der Waals surface area contributed by atoms with Crippen molar-refractivity contribution in [3.05, 3.63) is 84.6 Å². The fraction of sp³-hybridized carbons (Fsp3) is 0.310. The Bertz CT molecular complexity index is 1910. The number of thiazole rings is 1. The SMILES string of the molecule is Cc1ccc(/C=c2\sc3nc(-c4cn(C5CC5)c5cc(N6CCN(C)CC6)c(F)cc5c4=O)nn3c2=O)cc1. The first-order valence-electron chi connectivity index (χ1n) is 13.2. The predicted octanol–water partition coefficient (Wildman–Crippen LogP) is 3.21. The van der Waals surface area contributed by atoms with Gasteiger partial charge in [-0.25, -0.2) is 4.39 Å². The molecule has 0 spiro atoms. The van der Waals surface area contributed by atoms with Gasteiger partial charge in [-0.05, 0) is 50.6 Å². The molecule has 198 valence electrons. The van der Waals surface area contributed by atoms with Crippen LogP contribution in [-0.2, 0) is 0 Å². The molecule has 2 fully saturated rings. The van der Waals surface area contributed by atoms with E-state index >= 15 is 4.39 Å². The summed E-state index contributed by atoms with van der Waals surface area (Å²) in [4.78, 5) is 36.0. The number of hydrogen-bond donors (Lipinski definition) is 0. The Morgan fingerprint density at radius 2 is 1.79 bits per heavy atom. The van der Waals surface area contributed by atoms with Gasteiger partial charge in [0.25, 0.3) is 5.56 Å². The molecule has 10 heteroatoms. The molecule has 8 nitrogen and oxygen atoms in total. The third-order valence-electron chi connectivity index (χ3n) is 7.68. The van der Waals surface area contributed by atoms with Crippen molar-refractivity contribution in [1.29, 1.82) is 0 Å². The quantitative estimate of drug-likeness (QED) is 0.347. The van der Waals surface area contributed by atoms with Gasteiger partial charge in [-0.1, -0.05) is 41.2 Å². The van der Waals surface area contributed by atoms with E-state index in [2.05, 4.69) is 31.5 Å². The van der Waals surface area contributed by atoms with Crippen molar-refractivity contribution in [3.63, 3.8) is 0 Å². The fourth-order valence-electron chi connectivity index (χ4n) is 5.22. The summed E-state index contributed by atoms with van der Waals surface area (Å²) in [6.45, 7) is 5.21. The molecule has 7 rings (SSSR count). The van der Waals surface area contributed by atoms with Crippen LogP contribution >= 0.6 is 11.3 Å². The maximum Gasteiger partial charge on any atom is 0.291 e. The van der Waals surface area contributed by atoms with Gasteiger partial charge in [0.1, 0.15) is 5.82 Å². The number of likely N-dealkylation sites (N-methyl/N-ethyl adjacent to an activating group) is 1. The number of nitrogens with zero attached hydrogens (tertiary/aromatic N) is 6. The van der Waals surface area contributed by atoms with Gasteiger partial charge in [-0.15, -0.1) is 5.10 Å². The molecule has 39 heavy (non-hydrogen) atoms. The average Bonchev–Trinajstić information content (AvgIpc) is 3.63. The molecule has 0 atom stereocenters.